The highest BCUT2D eigenvalue weighted by Crippen LogP contribution is 2.68. The second kappa shape index (κ2) is 8.56. The SMILES string of the molecule is CC(C)OC(=O)OC1(C(=O)OCCl)CC[C@H]2[C@@H]3CCC4=CC(=O)CC[C@]4(C)[C@H]3C(O)C[C@@]21C. The van der Waals surface area contributed by atoms with Gasteiger partial charge >= 0.3 is 12.1 Å². The van der Waals surface area contributed by atoms with E-state index >= 15 is 0 Å². The van der Waals surface area contributed by atoms with Gasteiger partial charge in [-0.15, -0.1) is 0 Å². The van der Waals surface area contributed by atoms with Crippen molar-refractivity contribution in [1.82, 2.24) is 0 Å². The summed E-state index contributed by atoms with van der Waals surface area (Å²) in [7, 11) is 0. The van der Waals surface area contributed by atoms with E-state index < -0.39 is 35.3 Å². The number of carbonyl (C=O) groups is 3. The smallest absolute Gasteiger partial charge is 0.446 e. The Morgan fingerprint density at radius 3 is 2.61 bits per heavy atom. The van der Waals surface area contributed by atoms with Gasteiger partial charge in [0, 0.05) is 11.8 Å². The lowest BCUT2D eigenvalue weighted by molar-refractivity contribution is -0.202. The van der Waals surface area contributed by atoms with Crippen LogP contribution in [0.4, 0.5) is 4.79 Å². The Hall–Kier alpha value is -1.60. The lowest BCUT2D eigenvalue weighted by Gasteiger charge is -2.60. The van der Waals surface area contributed by atoms with Crippen LogP contribution in [0.3, 0.4) is 0 Å². The van der Waals surface area contributed by atoms with Gasteiger partial charge in [-0.1, -0.05) is 31.0 Å². The number of hydrogen-bond acceptors (Lipinski definition) is 7. The standard InChI is InChI=1S/C25H35ClO7/c1-14(2)32-22(30)33-25(21(29)31-13-26)10-8-18-17-6-5-15-11-16(27)7-9-23(15,3)20(17)19(28)12-24(18,25)4/h11,14,17-20,28H,5-10,12-13H2,1-4H3/t17-,18-,19?,20+,23-,24-,25?/m0/s1. The summed E-state index contributed by atoms with van der Waals surface area (Å²) in [5.74, 6) is -0.330. The fraction of sp³-hybridized carbons (Fsp3) is 0.800. The Labute approximate surface area is 200 Å². The molecule has 0 aliphatic heterocycles. The van der Waals surface area contributed by atoms with Gasteiger partial charge in [0.15, 0.2) is 11.8 Å². The van der Waals surface area contributed by atoms with Crippen molar-refractivity contribution in [3.63, 3.8) is 0 Å². The van der Waals surface area contributed by atoms with Crippen LogP contribution in [0, 0.1) is 28.6 Å². The molecule has 184 valence electrons. The summed E-state index contributed by atoms with van der Waals surface area (Å²) in [6, 6.07) is -0.348. The Bertz CT molecular complexity index is 869. The molecule has 0 aromatic carbocycles. The number of rotatable bonds is 4. The van der Waals surface area contributed by atoms with Gasteiger partial charge in [0.2, 0.25) is 5.60 Å². The lowest BCUT2D eigenvalue weighted by atomic mass is 9.45. The Morgan fingerprint density at radius 2 is 1.94 bits per heavy atom. The van der Waals surface area contributed by atoms with Crippen molar-refractivity contribution in [2.45, 2.75) is 90.4 Å². The molecule has 0 bridgehead atoms. The van der Waals surface area contributed by atoms with E-state index in [-0.39, 0.29) is 35.0 Å². The molecule has 4 aliphatic carbocycles. The number of aliphatic hydroxyl groups is 1. The van der Waals surface area contributed by atoms with Crippen LogP contribution in [-0.2, 0) is 23.8 Å². The maximum Gasteiger partial charge on any atom is 0.509 e. The molecule has 0 aromatic heterocycles. The molecular weight excluding hydrogens is 448 g/mol. The molecule has 7 atom stereocenters. The quantitative estimate of drug-likeness (QED) is 0.464. The molecule has 4 rings (SSSR count). The van der Waals surface area contributed by atoms with Crippen molar-refractivity contribution >= 4 is 29.5 Å². The molecule has 8 heteroatoms. The highest BCUT2D eigenvalue weighted by Gasteiger charge is 2.71. The van der Waals surface area contributed by atoms with Gasteiger partial charge < -0.3 is 19.3 Å². The topological polar surface area (TPSA) is 99.1 Å². The minimum atomic E-state index is -1.57. The van der Waals surface area contributed by atoms with E-state index in [2.05, 4.69) is 6.92 Å². The van der Waals surface area contributed by atoms with Crippen LogP contribution >= 0.6 is 11.6 Å². The van der Waals surface area contributed by atoms with Gasteiger partial charge in [-0.2, -0.15) is 0 Å². The first-order valence-corrected chi connectivity index (χ1v) is 12.6. The molecule has 3 fully saturated rings. The van der Waals surface area contributed by atoms with E-state index in [4.69, 9.17) is 25.8 Å². The summed E-state index contributed by atoms with van der Waals surface area (Å²) in [6.07, 6.45) is 3.89. The van der Waals surface area contributed by atoms with E-state index in [1.54, 1.807) is 19.9 Å². The summed E-state index contributed by atoms with van der Waals surface area (Å²) >= 11 is 5.73. The maximum absolute atomic E-state index is 13.3. The minimum Gasteiger partial charge on any atom is -0.446 e. The minimum absolute atomic E-state index is 0.00821. The number of carbonyl (C=O) groups excluding carboxylic acids is 3. The number of fused-ring (bicyclic) bond motifs is 5. The van der Waals surface area contributed by atoms with Crippen molar-refractivity contribution < 1.29 is 33.7 Å². The predicted molar refractivity (Wildman–Crippen MR) is 120 cm³/mol. The van der Waals surface area contributed by atoms with E-state index in [0.29, 0.717) is 25.7 Å². The Morgan fingerprint density at radius 1 is 1.21 bits per heavy atom. The van der Waals surface area contributed by atoms with Crippen LogP contribution < -0.4 is 0 Å². The molecule has 7 nitrogen and oxygen atoms in total. The second-order valence-corrected chi connectivity index (χ2v) is 11.2. The third kappa shape index (κ3) is 3.70. The fourth-order valence-corrected chi connectivity index (χ4v) is 7.84. The average molecular weight is 483 g/mol. The summed E-state index contributed by atoms with van der Waals surface area (Å²) < 4.78 is 16.2. The molecule has 0 aromatic rings. The Balaban J connectivity index is 1.71. The zero-order valence-electron chi connectivity index (χ0n) is 19.9. The number of alkyl halides is 1. The van der Waals surface area contributed by atoms with Crippen molar-refractivity contribution in [3.05, 3.63) is 11.6 Å². The number of hydrogen-bond donors (Lipinski definition) is 1. The van der Waals surface area contributed by atoms with Gasteiger partial charge in [-0.25, -0.2) is 9.59 Å². The molecule has 1 N–H and O–H groups in total. The van der Waals surface area contributed by atoms with E-state index in [1.165, 1.54) is 0 Å². The summed E-state index contributed by atoms with van der Waals surface area (Å²) in [5.41, 5.74) is -1.49. The number of aliphatic hydroxyl groups excluding tert-OH is 1. The normalized spacial score (nSPS) is 42.0. The molecular formula is C25H35ClO7. The molecule has 3 saturated carbocycles. The van der Waals surface area contributed by atoms with Crippen LogP contribution in [0.15, 0.2) is 11.6 Å². The second-order valence-electron chi connectivity index (χ2n) is 11.0. The first kappa shape index (κ1) is 24.5. The fourth-order valence-electron chi connectivity index (χ4n) is 7.74. The number of ether oxygens (including phenoxy) is 3. The molecule has 0 amide bonds. The highest BCUT2D eigenvalue weighted by atomic mass is 35.5. The summed E-state index contributed by atoms with van der Waals surface area (Å²) in [6.45, 7) is 7.53. The van der Waals surface area contributed by atoms with Gasteiger partial charge in [0.1, 0.15) is 0 Å². The van der Waals surface area contributed by atoms with Crippen molar-refractivity contribution in [2.24, 2.45) is 28.6 Å². The van der Waals surface area contributed by atoms with E-state index in [9.17, 15) is 19.5 Å². The number of ketones is 1. The molecule has 0 radical (unpaired) electrons. The third-order valence-electron chi connectivity index (χ3n) is 9.12. The van der Waals surface area contributed by atoms with Crippen LogP contribution in [0.5, 0.6) is 0 Å². The van der Waals surface area contributed by atoms with Crippen molar-refractivity contribution in [1.29, 1.82) is 0 Å². The zero-order chi connectivity index (χ0) is 24.2. The monoisotopic (exact) mass is 482 g/mol. The molecule has 4 aliphatic rings. The molecule has 0 spiro atoms. The van der Waals surface area contributed by atoms with E-state index in [0.717, 1.165) is 24.8 Å². The Kier molecular flexibility index (Phi) is 6.36. The summed E-state index contributed by atoms with van der Waals surface area (Å²) in [5, 5.41) is 11.5. The van der Waals surface area contributed by atoms with Crippen molar-refractivity contribution in [3.8, 4) is 0 Å². The van der Waals surface area contributed by atoms with Crippen LogP contribution in [0.25, 0.3) is 0 Å². The van der Waals surface area contributed by atoms with Crippen LogP contribution in [0.2, 0.25) is 0 Å². The van der Waals surface area contributed by atoms with E-state index in [1.807, 2.05) is 6.92 Å². The first-order valence-electron chi connectivity index (χ1n) is 12.0. The highest BCUT2D eigenvalue weighted by molar-refractivity contribution is 6.17. The maximum atomic E-state index is 13.3. The largest absolute Gasteiger partial charge is 0.509 e. The van der Waals surface area contributed by atoms with Crippen molar-refractivity contribution in [2.75, 3.05) is 6.07 Å². The molecule has 2 unspecified atom stereocenters. The zero-order valence-corrected chi connectivity index (χ0v) is 20.7. The lowest BCUT2D eigenvalue weighted by Crippen LogP contribution is -2.63. The van der Waals surface area contributed by atoms with Gasteiger partial charge in [0.25, 0.3) is 0 Å². The van der Waals surface area contributed by atoms with Gasteiger partial charge in [0.05, 0.1) is 12.2 Å². The number of esters is 1. The number of halogens is 1. The molecule has 33 heavy (non-hydrogen) atoms. The average Bonchev–Trinajstić information content (AvgIpc) is 3.00. The molecule has 0 heterocycles. The van der Waals surface area contributed by atoms with Crippen LogP contribution in [-0.4, -0.2) is 46.9 Å². The van der Waals surface area contributed by atoms with Gasteiger partial charge in [-0.3, -0.25) is 4.79 Å². The number of allylic oxidation sites excluding steroid dienone is 1. The third-order valence-corrected chi connectivity index (χ3v) is 9.23. The predicted octanol–water partition coefficient (Wildman–Crippen LogP) is 4.53. The summed E-state index contributed by atoms with van der Waals surface area (Å²) in [4.78, 5) is 37.9. The molecule has 0 saturated heterocycles. The van der Waals surface area contributed by atoms with Crippen LogP contribution in [0.1, 0.15) is 72.6 Å². The first-order chi connectivity index (χ1) is 15.5. The van der Waals surface area contributed by atoms with Gasteiger partial charge in [-0.05, 0) is 81.6 Å².